The van der Waals surface area contributed by atoms with Gasteiger partial charge in [0.25, 0.3) is 0 Å². The van der Waals surface area contributed by atoms with Gasteiger partial charge < -0.3 is 10.2 Å². The van der Waals surface area contributed by atoms with E-state index in [9.17, 15) is 9.59 Å². The molecule has 1 aliphatic rings. The second kappa shape index (κ2) is 8.28. The van der Waals surface area contributed by atoms with E-state index in [1.54, 1.807) is 0 Å². The average molecular weight is 282 g/mol. The third-order valence-corrected chi connectivity index (χ3v) is 4.11. The molecule has 0 bridgehead atoms. The van der Waals surface area contributed by atoms with Gasteiger partial charge in [-0.1, -0.05) is 47.0 Å². The topological polar surface area (TPSA) is 49.4 Å². The summed E-state index contributed by atoms with van der Waals surface area (Å²) in [6.07, 6.45) is 5.34. The number of hydrogen-bond donors (Lipinski definition) is 1. The molecule has 116 valence electrons. The van der Waals surface area contributed by atoms with Gasteiger partial charge in [0.15, 0.2) is 0 Å². The maximum absolute atomic E-state index is 12.2. The highest BCUT2D eigenvalue weighted by molar-refractivity contribution is 5.94. The zero-order chi connectivity index (χ0) is 15.1. The number of carbonyl (C=O) groups is 2. The highest BCUT2D eigenvalue weighted by atomic mass is 16.2. The lowest BCUT2D eigenvalue weighted by Gasteiger charge is -2.38. The van der Waals surface area contributed by atoms with Crippen LogP contribution in [0.4, 0.5) is 0 Å². The third-order valence-electron chi connectivity index (χ3n) is 4.11. The monoisotopic (exact) mass is 282 g/mol. The van der Waals surface area contributed by atoms with Crippen molar-refractivity contribution in [1.82, 2.24) is 10.2 Å². The first-order valence-corrected chi connectivity index (χ1v) is 8.06. The highest BCUT2D eigenvalue weighted by Gasteiger charge is 2.35. The molecule has 0 radical (unpaired) electrons. The Hall–Kier alpha value is -1.06. The molecule has 4 heteroatoms. The Balaban J connectivity index is 2.73. The molecule has 4 nitrogen and oxygen atoms in total. The summed E-state index contributed by atoms with van der Waals surface area (Å²) >= 11 is 0. The molecule has 0 aromatic carbocycles. The van der Waals surface area contributed by atoms with Gasteiger partial charge in [-0.2, -0.15) is 0 Å². The minimum absolute atomic E-state index is 0.0173. The number of piperazine rings is 1. The number of unbranched alkanes of at least 4 members (excludes halogenated alkanes) is 1. The summed E-state index contributed by atoms with van der Waals surface area (Å²) in [5.74, 6) is 1.02. The third kappa shape index (κ3) is 4.80. The van der Waals surface area contributed by atoms with Gasteiger partial charge in [0.05, 0.1) is 6.54 Å². The number of hydrogen-bond acceptors (Lipinski definition) is 2. The molecule has 1 fully saturated rings. The summed E-state index contributed by atoms with van der Waals surface area (Å²) in [5, 5.41) is 2.72. The molecule has 1 N–H and O–H groups in total. The van der Waals surface area contributed by atoms with E-state index in [2.05, 4.69) is 33.0 Å². The minimum atomic E-state index is -0.271. The fraction of sp³-hybridized carbons (Fsp3) is 0.875. The van der Waals surface area contributed by atoms with Crippen molar-refractivity contribution in [1.29, 1.82) is 0 Å². The average Bonchev–Trinajstić information content (AvgIpc) is 2.41. The van der Waals surface area contributed by atoms with Gasteiger partial charge in [0.2, 0.25) is 11.8 Å². The van der Waals surface area contributed by atoms with E-state index in [-0.39, 0.29) is 24.4 Å². The Kier molecular flexibility index (Phi) is 7.03. The summed E-state index contributed by atoms with van der Waals surface area (Å²) in [4.78, 5) is 26.1. The fourth-order valence-corrected chi connectivity index (χ4v) is 2.80. The Morgan fingerprint density at radius 2 is 2.00 bits per heavy atom. The van der Waals surface area contributed by atoms with Crippen molar-refractivity contribution in [2.24, 2.45) is 11.8 Å². The predicted molar refractivity (Wildman–Crippen MR) is 81.3 cm³/mol. The van der Waals surface area contributed by atoms with Crippen molar-refractivity contribution in [2.75, 3.05) is 13.1 Å². The van der Waals surface area contributed by atoms with Crippen LogP contribution in [-0.2, 0) is 9.59 Å². The van der Waals surface area contributed by atoms with E-state index >= 15 is 0 Å². The maximum atomic E-state index is 12.2. The number of amides is 2. The lowest BCUT2D eigenvalue weighted by atomic mass is 9.95. The van der Waals surface area contributed by atoms with Crippen LogP contribution in [0.2, 0.25) is 0 Å². The van der Waals surface area contributed by atoms with Crippen molar-refractivity contribution in [2.45, 2.75) is 65.8 Å². The Morgan fingerprint density at radius 3 is 2.55 bits per heavy atom. The molecule has 0 saturated carbocycles. The molecular formula is C16H30N2O2. The largest absolute Gasteiger partial charge is 0.345 e. The lowest BCUT2D eigenvalue weighted by molar-refractivity contribution is -0.147. The van der Waals surface area contributed by atoms with Gasteiger partial charge >= 0.3 is 0 Å². The van der Waals surface area contributed by atoms with Gasteiger partial charge in [0, 0.05) is 6.54 Å². The molecule has 1 aliphatic heterocycles. The Morgan fingerprint density at radius 1 is 1.30 bits per heavy atom. The van der Waals surface area contributed by atoms with E-state index in [0.717, 1.165) is 25.8 Å². The number of nitrogens with one attached hydrogen (secondary N) is 1. The summed E-state index contributed by atoms with van der Waals surface area (Å²) in [5.41, 5.74) is 0. The fourth-order valence-electron chi connectivity index (χ4n) is 2.80. The summed E-state index contributed by atoms with van der Waals surface area (Å²) in [6.45, 7) is 9.45. The first-order chi connectivity index (χ1) is 9.49. The van der Waals surface area contributed by atoms with Crippen LogP contribution >= 0.6 is 0 Å². The standard InChI is InChI=1S/C16H30N2O2/c1-5-7-8-13(6-2)11-18-14(9-12(3)4)16(20)17-10-15(18)19/h12-14H,5-11H2,1-4H3,(H,17,20). The van der Waals surface area contributed by atoms with Crippen molar-refractivity contribution in [3.05, 3.63) is 0 Å². The zero-order valence-corrected chi connectivity index (χ0v) is 13.4. The van der Waals surface area contributed by atoms with Crippen LogP contribution in [0.25, 0.3) is 0 Å². The van der Waals surface area contributed by atoms with Crippen LogP contribution < -0.4 is 5.32 Å². The predicted octanol–water partition coefficient (Wildman–Crippen LogP) is 2.58. The molecule has 1 heterocycles. The van der Waals surface area contributed by atoms with E-state index in [1.807, 2.05) is 4.90 Å². The molecule has 2 atom stereocenters. The molecule has 20 heavy (non-hydrogen) atoms. The van der Waals surface area contributed by atoms with Crippen LogP contribution in [-0.4, -0.2) is 35.8 Å². The Labute approximate surface area is 123 Å². The lowest BCUT2D eigenvalue weighted by Crippen LogP contribution is -2.59. The van der Waals surface area contributed by atoms with Crippen molar-refractivity contribution >= 4 is 11.8 Å². The van der Waals surface area contributed by atoms with Gasteiger partial charge in [0.1, 0.15) is 6.04 Å². The molecule has 1 saturated heterocycles. The van der Waals surface area contributed by atoms with Gasteiger partial charge in [-0.25, -0.2) is 0 Å². The summed E-state index contributed by atoms with van der Waals surface area (Å²) in [7, 11) is 0. The number of nitrogens with zero attached hydrogens (tertiary/aromatic N) is 1. The van der Waals surface area contributed by atoms with Crippen molar-refractivity contribution < 1.29 is 9.59 Å². The molecular weight excluding hydrogens is 252 g/mol. The van der Waals surface area contributed by atoms with E-state index in [1.165, 1.54) is 12.8 Å². The first-order valence-electron chi connectivity index (χ1n) is 8.06. The summed E-state index contributed by atoms with van der Waals surface area (Å²) in [6, 6.07) is -0.271. The second-order valence-corrected chi connectivity index (χ2v) is 6.33. The Bertz CT molecular complexity index is 328. The first kappa shape index (κ1) is 17.0. The molecule has 0 aliphatic carbocycles. The van der Waals surface area contributed by atoms with Crippen LogP contribution in [0.1, 0.15) is 59.8 Å². The maximum Gasteiger partial charge on any atom is 0.243 e. The molecule has 2 unspecified atom stereocenters. The quantitative estimate of drug-likeness (QED) is 0.744. The van der Waals surface area contributed by atoms with Crippen LogP contribution in [0.5, 0.6) is 0 Å². The SMILES string of the molecule is CCCCC(CC)CN1C(=O)CNC(=O)C1CC(C)C. The number of carbonyl (C=O) groups excluding carboxylic acids is 2. The number of rotatable bonds is 8. The second-order valence-electron chi connectivity index (χ2n) is 6.33. The highest BCUT2D eigenvalue weighted by Crippen LogP contribution is 2.20. The molecule has 2 amide bonds. The molecule has 1 rings (SSSR count). The van der Waals surface area contributed by atoms with Gasteiger partial charge in [-0.05, 0) is 24.7 Å². The molecule has 0 aromatic rings. The van der Waals surface area contributed by atoms with E-state index < -0.39 is 0 Å². The minimum Gasteiger partial charge on any atom is -0.345 e. The molecule has 0 spiro atoms. The van der Waals surface area contributed by atoms with Crippen LogP contribution in [0.15, 0.2) is 0 Å². The van der Waals surface area contributed by atoms with Gasteiger partial charge in [-0.15, -0.1) is 0 Å². The van der Waals surface area contributed by atoms with E-state index in [4.69, 9.17) is 0 Å². The smallest absolute Gasteiger partial charge is 0.243 e. The summed E-state index contributed by atoms with van der Waals surface area (Å²) < 4.78 is 0. The molecule has 0 aromatic heterocycles. The van der Waals surface area contributed by atoms with Gasteiger partial charge in [-0.3, -0.25) is 9.59 Å². The van der Waals surface area contributed by atoms with E-state index in [0.29, 0.717) is 11.8 Å². The van der Waals surface area contributed by atoms with Crippen molar-refractivity contribution in [3.63, 3.8) is 0 Å². The zero-order valence-electron chi connectivity index (χ0n) is 13.4. The van der Waals surface area contributed by atoms with Crippen molar-refractivity contribution in [3.8, 4) is 0 Å². The van der Waals surface area contributed by atoms with Crippen LogP contribution in [0, 0.1) is 11.8 Å². The normalized spacial score (nSPS) is 21.2. The van der Waals surface area contributed by atoms with Crippen LogP contribution in [0.3, 0.4) is 0 Å².